The molecule has 8 nitrogen and oxygen atoms in total. The van der Waals surface area contributed by atoms with E-state index in [9.17, 15) is 19.5 Å². The Bertz CT molecular complexity index is 878. The third-order valence-electron chi connectivity index (χ3n) is 4.05. The Kier molecular flexibility index (Phi) is 4.49. The summed E-state index contributed by atoms with van der Waals surface area (Å²) in [6.45, 7) is 0. The molecule has 1 atom stereocenters. The third-order valence-corrected chi connectivity index (χ3v) is 4.05. The number of nitrogens with zero attached hydrogens (tertiary/aromatic N) is 1. The fourth-order valence-electron chi connectivity index (χ4n) is 2.74. The quantitative estimate of drug-likeness (QED) is 0.700. The van der Waals surface area contributed by atoms with Gasteiger partial charge in [0.2, 0.25) is 5.91 Å². The van der Waals surface area contributed by atoms with Crippen LogP contribution in [-0.2, 0) is 9.59 Å². The fourth-order valence-corrected chi connectivity index (χ4v) is 2.74. The molecule has 2 amide bonds. The Morgan fingerprint density at radius 3 is 2.46 bits per heavy atom. The van der Waals surface area contributed by atoms with Crippen molar-refractivity contribution in [2.75, 3.05) is 17.3 Å². The number of methoxy groups -OCH3 is 1. The van der Waals surface area contributed by atoms with Crippen LogP contribution in [0.5, 0.6) is 11.5 Å². The number of carbonyl (C=O) groups is 3. The van der Waals surface area contributed by atoms with Crippen LogP contribution in [0.1, 0.15) is 16.8 Å². The van der Waals surface area contributed by atoms with Crippen LogP contribution in [-0.4, -0.2) is 41.1 Å². The summed E-state index contributed by atoms with van der Waals surface area (Å²) in [4.78, 5) is 36.8. The molecule has 8 heteroatoms. The Balaban J connectivity index is 1.80. The van der Waals surface area contributed by atoms with Crippen molar-refractivity contribution in [3.8, 4) is 11.5 Å². The highest BCUT2D eigenvalue weighted by Crippen LogP contribution is 2.29. The molecule has 1 saturated heterocycles. The van der Waals surface area contributed by atoms with Crippen LogP contribution in [0, 0.1) is 0 Å². The van der Waals surface area contributed by atoms with Crippen LogP contribution in [0.3, 0.4) is 0 Å². The standard InChI is InChI=1S/C18H16N2O6/c1-26-12-5-2-10(3-6-12)19-14-9-16(22)20(17(14)23)11-4-7-13(18(24)25)15(21)8-11/h2-8,14,19,21H,9H2,1H3,(H,24,25). The molecule has 0 aliphatic carbocycles. The van der Waals surface area contributed by atoms with E-state index in [-0.39, 0.29) is 17.7 Å². The summed E-state index contributed by atoms with van der Waals surface area (Å²) in [5.74, 6) is -2.06. The number of carboxylic acids is 1. The van der Waals surface area contributed by atoms with Crippen molar-refractivity contribution in [1.29, 1.82) is 0 Å². The smallest absolute Gasteiger partial charge is 0.339 e. The van der Waals surface area contributed by atoms with Gasteiger partial charge in [-0.05, 0) is 36.4 Å². The van der Waals surface area contributed by atoms with Crippen LogP contribution < -0.4 is 15.0 Å². The summed E-state index contributed by atoms with van der Waals surface area (Å²) in [6, 6.07) is 9.71. The Morgan fingerprint density at radius 1 is 1.19 bits per heavy atom. The van der Waals surface area contributed by atoms with Crippen molar-refractivity contribution >= 4 is 29.2 Å². The number of hydrogen-bond donors (Lipinski definition) is 3. The van der Waals surface area contributed by atoms with Crippen molar-refractivity contribution < 1.29 is 29.3 Å². The fraction of sp³-hybridized carbons (Fsp3) is 0.167. The molecule has 1 heterocycles. The predicted octanol–water partition coefficient (Wildman–Crippen LogP) is 1.84. The summed E-state index contributed by atoms with van der Waals surface area (Å²) in [6.07, 6.45) is -0.0493. The average molecular weight is 356 g/mol. The zero-order chi connectivity index (χ0) is 18.8. The minimum absolute atomic E-state index is 0.0493. The molecule has 3 N–H and O–H groups in total. The van der Waals surface area contributed by atoms with Gasteiger partial charge < -0.3 is 20.3 Å². The van der Waals surface area contributed by atoms with Gasteiger partial charge in [0.15, 0.2) is 0 Å². The molecule has 0 radical (unpaired) electrons. The van der Waals surface area contributed by atoms with E-state index < -0.39 is 29.6 Å². The zero-order valence-corrected chi connectivity index (χ0v) is 13.8. The highest BCUT2D eigenvalue weighted by atomic mass is 16.5. The van der Waals surface area contributed by atoms with E-state index in [4.69, 9.17) is 9.84 Å². The summed E-state index contributed by atoms with van der Waals surface area (Å²) in [5, 5.41) is 21.7. The number of benzene rings is 2. The lowest BCUT2D eigenvalue weighted by Gasteiger charge is -2.17. The molecule has 3 rings (SSSR count). The average Bonchev–Trinajstić information content (AvgIpc) is 2.88. The second-order valence-electron chi connectivity index (χ2n) is 5.70. The van der Waals surface area contributed by atoms with E-state index in [1.807, 2.05) is 0 Å². The summed E-state index contributed by atoms with van der Waals surface area (Å²) < 4.78 is 5.07. The number of carboxylic acid groups (broad SMARTS) is 1. The number of nitrogens with one attached hydrogen (secondary N) is 1. The first-order valence-corrected chi connectivity index (χ1v) is 7.74. The number of anilines is 2. The molecule has 0 aromatic heterocycles. The monoisotopic (exact) mass is 356 g/mol. The SMILES string of the molecule is COc1ccc(NC2CC(=O)N(c3ccc(C(=O)O)c(O)c3)C2=O)cc1. The van der Waals surface area contributed by atoms with Crippen LogP contribution in [0.4, 0.5) is 11.4 Å². The number of imide groups is 1. The van der Waals surface area contributed by atoms with E-state index in [1.165, 1.54) is 6.07 Å². The van der Waals surface area contributed by atoms with E-state index in [0.29, 0.717) is 11.4 Å². The van der Waals surface area contributed by atoms with Crippen molar-refractivity contribution in [1.82, 2.24) is 0 Å². The maximum atomic E-state index is 12.6. The maximum Gasteiger partial charge on any atom is 0.339 e. The van der Waals surface area contributed by atoms with Gasteiger partial charge in [-0.1, -0.05) is 0 Å². The number of aromatic hydroxyl groups is 1. The van der Waals surface area contributed by atoms with E-state index >= 15 is 0 Å². The predicted molar refractivity (Wildman–Crippen MR) is 92.6 cm³/mol. The van der Waals surface area contributed by atoms with Gasteiger partial charge in [0, 0.05) is 11.8 Å². The van der Waals surface area contributed by atoms with Gasteiger partial charge in [-0.15, -0.1) is 0 Å². The van der Waals surface area contributed by atoms with E-state index in [1.54, 1.807) is 31.4 Å². The topological polar surface area (TPSA) is 116 Å². The molecule has 2 aromatic rings. The molecular formula is C18H16N2O6. The number of phenols is 1. The van der Waals surface area contributed by atoms with Crippen LogP contribution in [0.2, 0.25) is 0 Å². The molecule has 134 valence electrons. The molecule has 0 spiro atoms. The lowest BCUT2D eigenvalue weighted by molar-refractivity contribution is -0.121. The van der Waals surface area contributed by atoms with Crippen LogP contribution in [0.15, 0.2) is 42.5 Å². The van der Waals surface area contributed by atoms with Gasteiger partial charge in [0.05, 0.1) is 19.2 Å². The minimum atomic E-state index is -1.30. The van der Waals surface area contributed by atoms with Crippen LogP contribution >= 0.6 is 0 Å². The Labute approximate surface area is 148 Å². The third kappa shape index (κ3) is 3.16. The van der Waals surface area contributed by atoms with Crippen molar-refractivity contribution in [3.63, 3.8) is 0 Å². The molecule has 0 bridgehead atoms. The molecule has 1 unspecified atom stereocenters. The minimum Gasteiger partial charge on any atom is -0.507 e. The normalized spacial score (nSPS) is 16.7. The molecule has 0 saturated carbocycles. The summed E-state index contributed by atoms with van der Waals surface area (Å²) >= 11 is 0. The van der Waals surface area contributed by atoms with Gasteiger partial charge in [-0.2, -0.15) is 0 Å². The van der Waals surface area contributed by atoms with Gasteiger partial charge in [0.1, 0.15) is 23.1 Å². The molecular weight excluding hydrogens is 340 g/mol. The van der Waals surface area contributed by atoms with Gasteiger partial charge in [-0.25, -0.2) is 9.69 Å². The first kappa shape index (κ1) is 17.3. The first-order chi connectivity index (χ1) is 12.4. The number of hydrogen-bond acceptors (Lipinski definition) is 6. The van der Waals surface area contributed by atoms with E-state index in [0.717, 1.165) is 17.0 Å². The maximum absolute atomic E-state index is 12.6. The Morgan fingerprint density at radius 2 is 1.88 bits per heavy atom. The van der Waals surface area contributed by atoms with Gasteiger partial charge >= 0.3 is 5.97 Å². The van der Waals surface area contributed by atoms with Crippen molar-refractivity contribution in [2.45, 2.75) is 12.5 Å². The molecule has 26 heavy (non-hydrogen) atoms. The number of aromatic carboxylic acids is 1. The van der Waals surface area contributed by atoms with Crippen LogP contribution in [0.25, 0.3) is 0 Å². The second kappa shape index (κ2) is 6.75. The zero-order valence-electron chi connectivity index (χ0n) is 13.8. The van der Waals surface area contributed by atoms with E-state index in [2.05, 4.69) is 5.32 Å². The lowest BCUT2D eigenvalue weighted by atomic mass is 10.1. The molecule has 1 aliphatic heterocycles. The highest BCUT2D eigenvalue weighted by molar-refractivity contribution is 6.23. The molecule has 2 aromatic carbocycles. The summed E-state index contributed by atoms with van der Waals surface area (Å²) in [7, 11) is 1.55. The largest absolute Gasteiger partial charge is 0.507 e. The first-order valence-electron chi connectivity index (χ1n) is 7.74. The van der Waals surface area contributed by atoms with Crippen molar-refractivity contribution in [2.24, 2.45) is 0 Å². The van der Waals surface area contributed by atoms with Gasteiger partial charge in [-0.3, -0.25) is 9.59 Å². The second-order valence-corrected chi connectivity index (χ2v) is 5.70. The Hall–Kier alpha value is -3.55. The number of carbonyl (C=O) groups excluding carboxylic acids is 2. The molecule has 1 aliphatic rings. The molecule has 1 fully saturated rings. The van der Waals surface area contributed by atoms with Gasteiger partial charge in [0.25, 0.3) is 5.91 Å². The number of rotatable bonds is 5. The number of amides is 2. The lowest BCUT2D eigenvalue weighted by Crippen LogP contribution is -2.34. The summed E-state index contributed by atoms with van der Waals surface area (Å²) in [5.41, 5.74) is 0.477. The van der Waals surface area contributed by atoms with Crippen molar-refractivity contribution in [3.05, 3.63) is 48.0 Å². The number of ether oxygens (including phenoxy) is 1. The highest BCUT2D eigenvalue weighted by Gasteiger charge is 2.39.